The first-order valence-corrected chi connectivity index (χ1v) is 7.10. The number of fused-ring (bicyclic) bond motifs is 1. The van der Waals surface area contributed by atoms with Crippen molar-refractivity contribution in [1.82, 2.24) is 24.6 Å². The minimum atomic E-state index is 0.412. The molecule has 20 heavy (non-hydrogen) atoms. The number of nitrogen functional groups attached to an aromatic ring is 1. The van der Waals surface area contributed by atoms with Gasteiger partial charge in [0.1, 0.15) is 12.1 Å². The lowest BCUT2D eigenvalue weighted by atomic mass is 10.0. The third kappa shape index (κ3) is 2.47. The molecule has 1 aliphatic rings. The molecule has 0 spiro atoms. The van der Waals surface area contributed by atoms with Crippen molar-refractivity contribution in [2.75, 3.05) is 25.4 Å². The summed E-state index contributed by atoms with van der Waals surface area (Å²) < 4.78 is 2.02. The second kappa shape index (κ2) is 5.36. The fourth-order valence-corrected chi connectivity index (χ4v) is 2.92. The summed E-state index contributed by atoms with van der Waals surface area (Å²) in [4.78, 5) is 10.8. The number of rotatable bonds is 3. The van der Waals surface area contributed by atoms with E-state index in [-0.39, 0.29) is 0 Å². The maximum Gasteiger partial charge on any atom is 0.163 e. The lowest BCUT2D eigenvalue weighted by Crippen LogP contribution is -2.36. The fourth-order valence-electron chi connectivity index (χ4n) is 2.92. The van der Waals surface area contributed by atoms with Gasteiger partial charge in [-0.3, -0.25) is 0 Å². The smallest absolute Gasteiger partial charge is 0.163 e. The molecule has 107 valence electrons. The summed E-state index contributed by atoms with van der Waals surface area (Å²) in [7, 11) is 0. The first-order chi connectivity index (χ1) is 9.65. The van der Waals surface area contributed by atoms with Crippen molar-refractivity contribution in [1.29, 1.82) is 0 Å². The Labute approximate surface area is 119 Å². The van der Waals surface area contributed by atoms with Gasteiger partial charge in [-0.05, 0) is 18.8 Å². The van der Waals surface area contributed by atoms with E-state index >= 15 is 0 Å². The number of aromatic nitrogens is 4. The van der Waals surface area contributed by atoms with Crippen molar-refractivity contribution >= 4 is 16.9 Å². The highest BCUT2D eigenvalue weighted by atomic mass is 15.3. The van der Waals surface area contributed by atoms with E-state index in [9.17, 15) is 0 Å². The van der Waals surface area contributed by atoms with Crippen LogP contribution in [0.3, 0.4) is 0 Å². The van der Waals surface area contributed by atoms with Gasteiger partial charge in [-0.1, -0.05) is 13.8 Å². The Hall–Kier alpha value is -1.69. The Kier molecular flexibility index (Phi) is 3.56. The summed E-state index contributed by atoms with van der Waals surface area (Å²) in [6, 6.07) is 0.412. The minimum absolute atomic E-state index is 0.412. The molecule has 1 radical (unpaired) electrons. The molecule has 0 atom stereocenters. The van der Waals surface area contributed by atoms with Gasteiger partial charge in [0.15, 0.2) is 5.65 Å². The predicted octanol–water partition coefficient (Wildman–Crippen LogP) is 1.66. The van der Waals surface area contributed by atoms with Gasteiger partial charge in [0.2, 0.25) is 0 Å². The molecule has 2 aromatic rings. The lowest BCUT2D eigenvalue weighted by molar-refractivity contribution is 0.188. The van der Waals surface area contributed by atoms with Crippen LogP contribution in [0.5, 0.6) is 0 Å². The second-order valence-corrected chi connectivity index (χ2v) is 5.80. The van der Waals surface area contributed by atoms with Crippen LogP contribution >= 0.6 is 0 Å². The van der Waals surface area contributed by atoms with Gasteiger partial charge in [-0.25, -0.2) is 14.6 Å². The summed E-state index contributed by atoms with van der Waals surface area (Å²) in [5, 5.41) is 5.33. The molecule has 0 aromatic carbocycles. The van der Waals surface area contributed by atoms with E-state index in [2.05, 4.69) is 33.8 Å². The van der Waals surface area contributed by atoms with Gasteiger partial charge in [0.25, 0.3) is 0 Å². The molecular formula is C14H21N6. The molecule has 0 amide bonds. The zero-order chi connectivity index (χ0) is 14.1. The van der Waals surface area contributed by atoms with Crippen LogP contribution in [-0.4, -0.2) is 44.3 Å². The van der Waals surface area contributed by atoms with Crippen molar-refractivity contribution < 1.29 is 0 Å². The first kappa shape index (κ1) is 13.3. The number of nitrogens with zero attached hydrogens (tertiary/aromatic N) is 5. The van der Waals surface area contributed by atoms with Crippen molar-refractivity contribution in [3.63, 3.8) is 0 Å². The van der Waals surface area contributed by atoms with Gasteiger partial charge < -0.3 is 10.6 Å². The van der Waals surface area contributed by atoms with Crippen LogP contribution < -0.4 is 5.73 Å². The van der Waals surface area contributed by atoms with Crippen LogP contribution in [0.1, 0.15) is 32.7 Å². The summed E-state index contributed by atoms with van der Waals surface area (Å²) in [5.41, 5.74) is 6.72. The van der Waals surface area contributed by atoms with E-state index < -0.39 is 0 Å². The van der Waals surface area contributed by atoms with E-state index in [1.54, 1.807) is 6.20 Å². The zero-order valence-electron chi connectivity index (χ0n) is 12.1. The Morgan fingerprint density at radius 3 is 2.75 bits per heavy atom. The number of nitrogens with two attached hydrogens (primary N) is 1. The predicted molar refractivity (Wildman–Crippen MR) is 79.0 cm³/mol. The topological polar surface area (TPSA) is 72.9 Å². The molecule has 0 aliphatic carbocycles. The number of anilines is 1. The molecule has 0 bridgehead atoms. The Morgan fingerprint density at radius 2 is 2.05 bits per heavy atom. The summed E-state index contributed by atoms with van der Waals surface area (Å²) in [5.74, 6) is 1.98. The van der Waals surface area contributed by atoms with Crippen LogP contribution in [-0.2, 0) is 0 Å². The maximum absolute atomic E-state index is 5.86. The van der Waals surface area contributed by atoms with Crippen LogP contribution in [0.2, 0.25) is 0 Å². The maximum atomic E-state index is 5.86. The number of piperidine rings is 1. The lowest BCUT2D eigenvalue weighted by Gasteiger charge is -2.32. The highest BCUT2D eigenvalue weighted by Gasteiger charge is 2.23. The van der Waals surface area contributed by atoms with Gasteiger partial charge in [-0.2, -0.15) is 5.10 Å². The van der Waals surface area contributed by atoms with E-state index in [0.29, 0.717) is 11.9 Å². The van der Waals surface area contributed by atoms with Crippen LogP contribution in [0, 0.1) is 5.92 Å². The van der Waals surface area contributed by atoms with Crippen LogP contribution in [0.25, 0.3) is 11.0 Å². The monoisotopic (exact) mass is 273 g/mol. The molecule has 2 aromatic heterocycles. The van der Waals surface area contributed by atoms with Crippen molar-refractivity contribution in [2.45, 2.75) is 32.7 Å². The first-order valence-electron chi connectivity index (χ1n) is 7.10. The Bertz CT molecular complexity index is 582. The normalized spacial score (nSPS) is 18.1. The van der Waals surface area contributed by atoms with Crippen LogP contribution in [0.4, 0.5) is 5.82 Å². The van der Waals surface area contributed by atoms with Crippen molar-refractivity contribution in [2.24, 2.45) is 0 Å². The van der Waals surface area contributed by atoms with E-state index in [4.69, 9.17) is 5.73 Å². The SMILES string of the molecule is C[C](C)CN1CCC(n2ncc3c(N)ncnc32)CC1. The van der Waals surface area contributed by atoms with Gasteiger partial charge in [0, 0.05) is 19.6 Å². The van der Waals surface area contributed by atoms with E-state index in [0.717, 1.165) is 43.5 Å². The Balaban J connectivity index is 1.75. The largest absolute Gasteiger partial charge is 0.383 e. The van der Waals surface area contributed by atoms with Gasteiger partial charge in [-0.15, -0.1) is 0 Å². The van der Waals surface area contributed by atoms with E-state index in [1.165, 1.54) is 12.2 Å². The third-order valence-corrected chi connectivity index (χ3v) is 3.86. The van der Waals surface area contributed by atoms with E-state index in [1.807, 2.05) is 4.68 Å². The molecule has 1 aliphatic heterocycles. The number of hydrogen-bond acceptors (Lipinski definition) is 5. The molecular weight excluding hydrogens is 252 g/mol. The number of likely N-dealkylation sites (tertiary alicyclic amines) is 1. The molecule has 3 heterocycles. The highest BCUT2D eigenvalue weighted by molar-refractivity contribution is 5.84. The molecule has 2 N–H and O–H groups in total. The average Bonchev–Trinajstić information content (AvgIpc) is 2.84. The van der Waals surface area contributed by atoms with Gasteiger partial charge >= 0.3 is 0 Å². The molecule has 3 rings (SSSR count). The molecule has 0 saturated carbocycles. The zero-order valence-corrected chi connectivity index (χ0v) is 12.1. The van der Waals surface area contributed by atoms with Crippen molar-refractivity contribution in [3.8, 4) is 0 Å². The van der Waals surface area contributed by atoms with Crippen molar-refractivity contribution in [3.05, 3.63) is 18.4 Å². The summed E-state index contributed by atoms with van der Waals surface area (Å²) in [6.07, 6.45) is 5.50. The summed E-state index contributed by atoms with van der Waals surface area (Å²) in [6.45, 7) is 7.69. The standard InChI is InChI=1S/C14H21N6/c1-10(2)8-19-5-3-11(4-6-19)20-14-12(7-18-20)13(15)16-9-17-14/h7,9,11H,3-6,8H2,1-2H3,(H2,15,16,17). The minimum Gasteiger partial charge on any atom is -0.383 e. The second-order valence-electron chi connectivity index (χ2n) is 5.80. The third-order valence-electron chi connectivity index (χ3n) is 3.86. The van der Waals surface area contributed by atoms with Crippen LogP contribution in [0.15, 0.2) is 12.5 Å². The molecule has 6 nitrogen and oxygen atoms in total. The quantitative estimate of drug-likeness (QED) is 0.920. The molecule has 1 saturated heterocycles. The average molecular weight is 273 g/mol. The highest BCUT2D eigenvalue weighted by Crippen LogP contribution is 2.26. The van der Waals surface area contributed by atoms with Gasteiger partial charge in [0.05, 0.1) is 17.6 Å². The summed E-state index contributed by atoms with van der Waals surface area (Å²) >= 11 is 0. The fraction of sp³-hybridized carbons (Fsp3) is 0.571. The Morgan fingerprint density at radius 1 is 1.30 bits per heavy atom. The molecule has 0 unspecified atom stereocenters. The molecule has 6 heteroatoms. The number of hydrogen-bond donors (Lipinski definition) is 1. The molecule has 1 fully saturated rings.